The van der Waals surface area contributed by atoms with Gasteiger partial charge < -0.3 is 11.5 Å². The topological polar surface area (TPSA) is 106 Å². The maximum Gasteiger partial charge on any atom is 0.243 e. The third-order valence-corrected chi connectivity index (χ3v) is 4.26. The van der Waals surface area contributed by atoms with Gasteiger partial charge in [-0.3, -0.25) is 4.79 Å². The summed E-state index contributed by atoms with van der Waals surface area (Å²) in [5.41, 5.74) is 11.3. The lowest BCUT2D eigenvalue weighted by Gasteiger charge is -2.15. The zero-order chi connectivity index (χ0) is 13.8. The molecule has 1 aromatic carbocycles. The fraction of sp³-hybridized carbons (Fsp3) is 0.364. The Morgan fingerprint density at radius 2 is 1.83 bits per heavy atom. The summed E-state index contributed by atoms with van der Waals surface area (Å²) < 4.78 is 25.0. The molecule has 7 heteroatoms. The molecule has 100 valence electrons. The van der Waals surface area contributed by atoms with Crippen LogP contribution in [0.5, 0.6) is 0 Å². The van der Waals surface area contributed by atoms with E-state index < -0.39 is 15.9 Å². The van der Waals surface area contributed by atoms with E-state index in [9.17, 15) is 13.2 Å². The van der Waals surface area contributed by atoms with E-state index in [0.717, 1.165) is 9.87 Å². The summed E-state index contributed by atoms with van der Waals surface area (Å²) in [5.74, 6) is -0.694. The maximum atomic E-state index is 12.0. The van der Waals surface area contributed by atoms with Crippen molar-refractivity contribution in [2.75, 3.05) is 20.1 Å². The van der Waals surface area contributed by atoms with Crippen molar-refractivity contribution in [3.63, 3.8) is 0 Å². The van der Waals surface area contributed by atoms with Crippen LogP contribution in [0.3, 0.4) is 0 Å². The van der Waals surface area contributed by atoms with Crippen LogP contribution in [0.4, 0.5) is 0 Å². The lowest BCUT2D eigenvalue weighted by Crippen LogP contribution is -2.35. The molecule has 1 rings (SSSR count). The van der Waals surface area contributed by atoms with E-state index in [-0.39, 0.29) is 11.4 Å². The van der Waals surface area contributed by atoms with E-state index in [1.54, 1.807) is 12.1 Å². The number of nitrogens with zero attached hydrogens (tertiary/aromatic N) is 1. The molecule has 0 heterocycles. The zero-order valence-corrected chi connectivity index (χ0v) is 11.0. The fourth-order valence-electron chi connectivity index (χ4n) is 1.48. The number of hydrogen-bond donors (Lipinski definition) is 2. The maximum absolute atomic E-state index is 12.0. The molecule has 0 aromatic heterocycles. The summed E-state index contributed by atoms with van der Waals surface area (Å²) >= 11 is 0. The molecule has 0 fully saturated rings. The SMILES string of the molecule is CN(CC(N)=O)S(=O)(=O)c1ccc(CCN)cc1. The van der Waals surface area contributed by atoms with Crippen molar-refractivity contribution in [3.05, 3.63) is 29.8 Å². The second-order valence-electron chi connectivity index (χ2n) is 3.91. The zero-order valence-electron chi connectivity index (χ0n) is 10.2. The Morgan fingerprint density at radius 1 is 1.28 bits per heavy atom. The summed E-state index contributed by atoms with van der Waals surface area (Å²) in [6.07, 6.45) is 0.692. The molecule has 1 aromatic rings. The van der Waals surface area contributed by atoms with Crippen LogP contribution in [0.2, 0.25) is 0 Å². The smallest absolute Gasteiger partial charge is 0.243 e. The van der Waals surface area contributed by atoms with Gasteiger partial charge in [0, 0.05) is 7.05 Å². The summed E-state index contributed by atoms with van der Waals surface area (Å²) in [5, 5.41) is 0. The van der Waals surface area contributed by atoms with Gasteiger partial charge >= 0.3 is 0 Å². The molecule has 1 amide bonds. The molecule has 0 bridgehead atoms. The first kappa shape index (κ1) is 14.6. The average Bonchev–Trinajstić information content (AvgIpc) is 2.29. The molecule has 0 atom stereocenters. The van der Waals surface area contributed by atoms with Crippen molar-refractivity contribution in [1.29, 1.82) is 0 Å². The van der Waals surface area contributed by atoms with Crippen LogP contribution in [0.15, 0.2) is 29.2 Å². The third kappa shape index (κ3) is 3.52. The number of rotatable bonds is 6. The fourth-order valence-corrected chi connectivity index (χ4v) is 2.62. The highest BCUT2D eigenvalue weighted by molar-refractivity contribution is 7.89. The second kappa shape index (κ2) is 5.94. The lowest BCUT2D eigenvalue weighted by atomic mass is 10.2. The number of benzene rings is 1. The number of primary amides is 1. The Morgan fingerprint density at radius 3 is 2.28 bits per heavy atom. The van der Waals surface area contributed by atoms with Crippen LogP contribution in [0.1, 0.15) is 5.56 Å². The summed E-state index contributed by atoms with van der Waals surface area (Å²) in [7, 11) is -2.35. The minimum absolute atomic E-state index is 0.132. The lowest BCUT2D eigenvalue weighted by molar-refractivity contribution is -0.118. The van der Waals surface area contributed by atoms with Crippen molar-refractivity contribution >= 4 is 15.9 Å². The molecule has 0 unspecified atom stereocenters. The number of hydrogen-bond acceptors (Lipinski definition) is 4. The number of nitrogens with two attached hydrogens (primary N) is 2. The van der Waals surface area contributed by atoms with Gasteiger partial charge in [0.2, 0.25) is 15.9 Å². The number of amides is 1. The minimum Gasteiger partial charge on any atom is -0.369 e. The number of carbonyl (C=O) groups excluding carboxylic acids is 1. The molecule has 0 saturated heterocycles. The van der Waals surface area contributed by atoms with Gasteiger partial charge in [0.05, 0.1) is 11.4 Å². The van der Waals surface area contributed by atoms with Gasteiger partial charge in [-0.1, -0.05) is 12.1 Å². The number of carbonyl (C=O) groups is 1. The van der Waals surface area contributed by atoms with Gasteiger partial charge in [-0.25, -0.2) is 8.42 Å². The van der Waals surface area contributed by atoms with Crippen LogP contribution in [-0.2, 0) is 21.2 Å². The van der Waals surface area contributed by atoms with Crippen LogP contribution >= 0.6 is 0 Å². The van der Waals surface area contributed by atoms with Gasteiger partial charge in [-0.05, 0) is 30.7 Å². The van der Waals surface area contributed by atoms with Crippen molar-refractivity contribution in [3.8, 4) is 0 Å². The van der Waals surface area contributed by atoms with E-state index >= 15 is 0 Å². The molecule has 0 aliphatic heterocycles. The van der Waals surface area contributed by atoms with Crippen molar-refractivity contribution < 1.29 is 13.2 Å². The number of likely N-dealkylation sites (N-methyl/N-ethyl adjacent to an activating group) is 1. The monoisotopic (exact) mass is 271 g/mol. The van der Waals surface area contributed by atoms with Crippen molar-refractivity contribution in [2.45, 2.75) is 11.3 Å². The van der Waals surface area contributed by atoms with Gasteiger partial charge in [-0.2, -0.15) is 4.31 Å². The van der Waals surface area contributed by atoms with E-state index in [0.29, 0.717) is 13.0 Å². The van der Waals surface area contributed by atoms with E-state index in [4.69, 9.17) is 11.5 Å². The van der Waals surface area contributed by atoms with Crippen molar-refractivity contribution in [1.82, 2.24) is 4.31 Å². The molecular weight excluding hydrogens is 254 g/mol. The molecule has 0 spiro atoms. The molecule has 0 radical (unpaired) electrons. The highest BCUT2D eigenvalue weighted by atomic mass is 32.2. The van der Waals surface area contributed by atoms with E-state index in [2.05, 4.69) is 0 Å². The predicted molar refractivity (Wildman–Crippen MR) is 68.2 cm³/mol. The van der Waals surface area contributed by atoms with Gasteiger partial charge in [0.1, 0.15) is 0 Å². The molecule has 6 nitrogen and oxygen atoms in total. The quantitative estimate of drug-likeness (QED) is 0.713. The van der Waals surface area contributed by atoms with E-state index in [1.807, 2.05) is 0 Å². The third-order valence-electron chi connectivity index (χ3n) is 2.44. The van der Waals surface area contributed by atoms with Crippen LogP contribution in [0.25, 0.3) is 0 Å². The Balaban J connectivity index is 2.94. The Bertz CT molecular complexity index is 511. The van der Waals surface area contributed by atoms with Gasteiger partial charge in [-0.15, -0.1) is 0 Å². The van der Waals surface area contributed by atoms with Crippen LogP contribution in [0, 0.1) is 0 Å². The molecule has 0 aliphatic carbocycles. The number of sulfonamides is 1. The largest absolute Gasteiger partial charge is 0.369 e. The van der Waals surface area contributed by atoms with E-state index in [1.165, 1.54) is 19.2 Å². The Hall–Kier alpha value is -1.44. The predicted octanol–water partition coefficient (Wildman–Crippen LogP) is -0.706. The molecule has 0 saturated carbocycles. The highest BCUT2D eigenvalue weighted by Gasteiger charge is 2.21. The average molecular weight is 271 g/mol. The first-order valence-electron chi connectivity index (χ1n) is 5.41. The summed E-state index contributed by atoms with van der Waals surface area (Å²) in [6.45, 7) is 0.167. The molecular formula is C11H17N3O3S. The summed E-state index contributed by atoms with van der Waals surface area (Å²) in [4.78, 5) is 10.9. The molecule has 18 heavy (non-hydrogen) atoms. The Labute approximate surface area is 107 Å². The molecule has 4 N–H and O–H groups in total. The normalized spacial score (nSPS) is 11.7. The van der Waals surface area contributed by atoms with Crippen molar-refractivity contribution in [2.24, 2.45) is 11.5 Å². The van der Waals surface area contributed by atoms with Gasteiger partial charge in [0.25, 0.3) is 0 Å². The summed E-state index contributed by atoms with van der Waals surface area (Å²) in [6, 6.07) is 6.41. The van der Waals surface area contributed by atoms with Crippen LogP contribution < -0.4 is 11.5 Å². The van der Waals surface area contributed by atoms with Crippen LogP contribution in [-0.4, -0.2) is 38.8 Å². The highest BCUT2D eigenvalue weighted by Crippen LogP contribution is 2.15. The second-order valence-corrected chi connectivity index (χ2v) is 5.95. The Kier molecular flexibility index (Phi) is 4.83. The first-order chi connectivity index (χ1) is 8.37. The first-order valence-corrected chi connectivity index (χ1v) is 6.85. The standard InChI is InChI=1S/C11H17N3O3S/c1-14(8-11(13)15)18(16,17)10-4-2-9(3-5-10)6-7-12/h2-5H,6-8,12H2,1H3,(H2,13,15). The minimum atomic E-state index is -3.66. The molecule has 0 aliphatic rings. The van der Waals surface area contributed by atoms with Gasteiger partial charge in [0.15, 0.2) is 0 Å².